The molecular formula is C17H12OS2. The molecule has 0 atom stereocenters. The summed E-state index contributed by atoms with van der Waals surface area (Å²) in [5, 5.41) is 2.07. The summed E-state index contributed by atoms with van der Waals surface area (Å²) in [6, 6.07) is 21.3. The number of carbonyl (C=O) groups excluding carboxylic acids is 1. The largest absolute Gasteiger partial charge is 0.289 e. The van der Waals surface area contributed by atoms with E-state index in [2.05, 4.69) is 11.4 Å². The SMILES string of the molecule is O=C(c1ccccc1)c1ccc(Sc2cccs2)cc1. The van der Waals surface area contributed by atoms with Gasteiger partial charge in [0.15, 0.2) is 5.78 Å². The molecule has 0 saturated carbocycles. The second-order valence-electron chi connectivity index (χ2n) is 4.25. The van der Waals surface area contributed by atoms with Crippen molar-refractivity contribution < 1.29 is 4.79 Å². The van der Waals surface area contributed by atoms with E-state index in [-0.39, 0.29) is 5.78 Å². The summed E-state index contributed by atoms with van der Waals surface area (Å²) in [5.41, 5.74) is 1.46. The second kappa shape index (κ2) is 6.07. The van der Waals surface area contributed by atoms with Crippen LogP contribution in [0, 0.1) is 0 Å². The van der Waals surface area contributed by atoms with Gasteiger partial charge in [0.1, 0.15) is 0 Å². The molecule has 0 aliphatic rings. The van der Waals surface area contributed by atoms with Gasteiger partial charge in [-0.3, -0.25) is 4.79 Å². The summed E-state index contributed by atoms with van der Waals surface area (Å²) in [7, 11) is 0. The number of hydrogen-bond acceptors (Lipinski definition) is 3. The zero-order valence-corrected chi connectivity index (χ0v) is 12.3. The van der Waals surface area contributed by atoms with Gasteiger partial charge in [0.25, 0.3) is 0 Å². The van der Waals surface area contributed by atoms with Crippen molar-refractivity contribution in [3.05, 3.63) is 83.2 Å². The van der Waals surface area contributed by atoms with Crippen LogP contribution < -0.4 is 0 Å². The van der Waals surface area contributed by atoms with E-state index in [4.69, 9.17) is 0 Å². The van der Waals surface area contributed by atoms with Crippen molar-refractivity contribution in [2.45, 2.75) is 9.10 Å². The summed E-state index contributed by atoms with van der Waals surface area (Å²) >= 11 is 3.44. The van der Waals surface area contributed by atoms with Crippen LogP contribution in [0.5, 0.6) is 0 Å². The number of rotatable bonds is 4. The molecule has 1 nitrogen and oxygen atoms in total. The number of benzene rings is 2. The highest BCUT2D eigenvalue weighted by Gasteiger charge is 2.08. The van der Waals surface area contributed by atoms with E-state index >= 15 is 0 Å². The first-order chi connectivity index (χ1) is 9.83. The highest BCUT2D eigenvalue weighted by Crippen LogP contribution is 2.31. The maximum atomic E-state index is 12.3. The van der Waals surface area contributed by atoms with Crippen LogP contribution in [-0.2, 0) is 0 Å². The molecule has 3 rings (SSSR count). The van der Waals surface area contributed by atoms with Crippen molar-refractivity contribution in [3.8, 4) is 0 Å². The van der Waals surface area contributed by atoms with Gasteiger partial charge in [0.2, 0.25) is 0 Å². The first-order valence-electron chi connectivity index (χ1n) is 6.24. The molecule has 2 aromatic carbocycles. The van der Waals surface area contributed by atoms with E-state index < -0.39 is 0 Å². The van der Waals surface area contributed by atoms with Crippen molar-refractivity contribution in [2.24, 2.45) is 0 Å². The third kappa shape index (κ3) is 3.00. The standard InChI is InChI=1S/C17H12OS2/c18-17(13-5-2-1-3-6-13)14-8-10-15(11-9-14)20-16-7-4-12-19-16/h1-12H. The fourth-order valence-electron chi connectivity index (χ4n) is 1.87. The zero-order chi connectivity index (χ0) is 13.8. The normalized spacial score (nSPS) is 10.4. The minimum absolute atomic E-state index is 0.0678. The van der Waals surface area contributed by atoms with Gasteiger partial charge in [-0.25, -0.2) is 0 Å². The molecule has 0 unspecified atom stereocenters. The number of thiophene rings is 1. The second-order valence-corrected chi connectivity index (χ2v) is 6.58. The minimum atomic E-state index is 0.0678. The molecule has 98 valence electrons. The maximum absolute atomic E-state index is 12.3. The summed E-state index contributed by atoms with van der Waals surface area (Å²) < 4.78 is 1.26. The summed E-state index contributed by atoms with van der Waals surface area (Å²) in [5.74, 6) is 0.0678. The first kappa shape index (κ1) is 13.2. The van der Waals surface area contributed by atoms with Crippen LogP contribution >= 0.6 is 23.1 Å². The third-order valence-corrected chi connectivity index (χ3v) is 4.91. The van der Waals surface area contributed by atoms with Crippen molar-refractivity contribution in [1.82, 2.24) is 0 Å². The number of hydrogen-bond donors (Lipinski definition) is 0. The Bertz CT molecular complexity index is 686. The molecule has 3 heteroatoms. The quantitative estimate of drug-likeness (QED) is 0.621. The molecule has 3 aromatic rings. The van der Waals surface area contributed by atoms with E-state index in [1.54, 1.807) is 23.1 Å². The molecule has 0 amide bonds. The molecule has 1 heterocycles. The van der Waals surface area contributed by atoms with Crippen LogP contribution in [0.1, 0.15) is 15.9 Å². The average molecular weight is 296 g/mol. The smallest absolute Gasteiger partial charge is 0.193 e. The Kier molecular flexibility index (Phi) is 4.00. The molecule has 0 radical (unpaired) electrons. The molecule has 0 aliphatic heterocycles. The Labute approximate surface area is 126 Å². The molecular weight excluding hydrogens is 284 g/mol. The Morgan fingerprint density at radius 1 is 0.800 bits per heavy atom. The van der Waals surface area contributed by atoms with Crippen molar-refractivity contribution in [2.75, 3.05) is 0 Å². The van der Waals surface area contributed by atoms with Crippen molar-refractivity contribution >= 4 is 28.9 Å². The molecule has 0 spiro atoms. The van der Waals surface area contributed by atoms with Crippen molar-refractivity contribution in [1.29, 1.82) is 0 Å². The van der Waals surface area contributed by atoms with Gasteiger partial charge in [-0.1, -0.05) is 48.2 Å². The Balaban J connectivity index is 1.78. The molecule has 0 aliphatic carbocycles. The highest BCUT2D eigenvalue weighted by molar-refractivity contribution is 8.01. The van der Waals surface area contributed by atoms with Crippen LogP contribution in [-0.4, -0.2) is 5.78 Å². The van der Waals surface area contributed by atoms with E-state index in [0.29, 0.717) is 0 Å². The lowest BCUT2D eigenvalue weighted by atomic mass is 10.0. The predicted octanol–water partition coefficient (Wildman–Crippen LogP) is 5.13. The maximum Gasteiger partial charge on any atom is 0.193 e. The first-order valence-corrected chi connectivity index (χ1v) is 7.94. The van der Waals surface area contributed by atoms with Gasteiger partial charge < -0.3 is 0 Å². The lowest BCUT2D eigenvalue weighted by molar-refractivity contribution is 0.103. The monoisotopic (exact) mass is 296 g/mol. The fraction of sp³-hybridized carbons (Fsp3) is 0. The highest BCUT2D eigenvalue weighted by atomic mass is 32.2. The topological polar surface area (TPSA) is 17.1 Å². The van der Waals surface area contributed by atoms with Crippen LogP contribution in [0.2, 0.25) is 0 Å². The Morgan fingerprint density at radius 2 is 1.50 bits per heavy atom. The van der Waals surface area contributed by atoms with Crippen LogP contribution in [0.25, 0.3) is 0 Å². The molecule has 1 aromatic heterocycles. The molecule has 0 bridgehead atoms. The van der Waals surface area contributed by atoms with Gasteiger partial charge in [0.05, 0.1) is 4.21 Å². The van der Waals surface area contributed by atoms with Crippen LogP contribution in [0.15, 0.2) is 81.2 Å². The van der Waals surface area contributed by atoms with E-state index in [1.807, 2.05) is 60.7 Å². The van der Waals surface area contributed by atoms with Gasteiger partial charge in [-0.15, -0.1) is 11.3 Å². The van der Waals surface area contributed by atoms with Gasteiger partial charge in [0, 0.05) is 16.0 Å². The fourth-order valence-corrected chi connectivity index (χ4v) is 3.62. The molecule has 0 saturated heterocycles. The van der Waals surface area contributed by atoms with Gasteiger partial charge >= 0.3 is 0 Å². The number of ketones is 1. The molecule has 0 N–H and O–H groups in total. The molecule has 0 fully saturated rings. The van der Waals surface area contributed by atoms with Gasteiger partial charge in [-0.05, 0) is 35.7 Å². The summed E-state index contributed by atoms with van der Waals surface area (Å²) in [6.07, 6.45) is 0. The van der Waals surface area contributed by atoms with E-state index in [9.17, 15) is 4.79 Å². The zero-order valence-electron chi connectivity index (χ0n) is 10.7. The van der Waals surface area contributed by atoms with Crippen LogP contribution in [0.4, 0.5) is 0 Å². The predicted molar refractivity (Wildman–Crippen MR) is 84.8 cm³/mol. The number of carbonyl (C=O) groups is 1. The molecule has 20 heavy (non-hydrogen) atoms. The Morgan fingerprint density at radius 3 is 2.15 bits per heavy atom. The lowest BCUT2D eigenvalue weighted by Crippen LogP contribution is -2.00. The van der Waals surface area contributed by atoms with Gasteiger partial charge in [-0.2, -0.15) is 0 Å². The minimum Gasteiger partial charge on any atom is -0.289 e. The average Bonchev–Trinajstić information content (AvgIpc) is 3.01. The van der Waals surface area contributed by atoms with Crippen LogP contribution in [0.3, 0.4) is 0 Å². The summed E-state index contributed by atoms with van der Waals surface area (Å²) in [6.45, 7) is 0. The van der Waals surface area contributed by atoms with E-state index in [1.165, 1.54) is 4.21 Å². The van der Waals surface area contributed by atoms with Crippen molar-refractivity contribution in [3.63, 3.8) is 0 Å². The lowest BCUT2D eigenvalue weighted by Gasteiger charge is -2.03. The Hall–Kier alpha value is -1.84. The summed E-state index contributed by atoms with van der Waals surface area (Å²) in [4.78, 5) is 13.4. The van der Waals surface area contributed by atoms with E-state index in [0.717, 1.165) is 16.0 Å². The third-order valence-electron chi connectivity index (χ3n) is 2.87.